The van der Waals surface area contributed by atoms with Gasteiger partial charge in [0, 0.05) is 11.6 Å². The molecule has 0 spiro atoms. The lowest BCUT2D eigenvalue weighted by atomic mass is 11.0. The Morgan fingerprint density at radius 3 is 2.40 bits per heavy atom. The van der Waals surface area contributed by atoms with E-state index in [0.29, 0.717) is 0 Å². The molecule has 0 N–H and O–H groups in total. The molecule has 0 nitrogen and oxygen atoms in total. The average molecular weight is 222 g/mol. The van der Waals surface area contributed by atoms with Crippen molar-refractivity contribution in [2.75, 3.05) is 11.6 Å². The van der Waals surface area contributed by atoms with Crippen molar-refractivity contribution in [1.29, 1.82) is 0 Å². The summed E-state index contributed by atoms with van der Waals surface area (Å²) in [5.41, 5.74) is 0. The second kappa shape index (κ2) is 5.37. The first-order valence-corrected chi connectivity index (χ1v) is 5.27. The van der Waals surface area contributed by atoms with Crippen LogP contribution in [0, 0.1) is 0 Å². The highest BCUT2D eigenvalue weighted by atomic mass is 127. The molecule has 0 bridgehead atoms. The Morgan fingerprint density at radius 1 is 1.80 bits per heavy atom. The third kappa shape index (κ3) is 5.37. The van der Waals surface area contributed by atoms with Crippen molar-refractivity contribution >= 4 is 41.7 Å². The zero-order valence-corrected chi connectivity index (χ0v) is 6.31. The quantitative estimate of drug-likeness (QED) is 0.510. The zero-order valence-electron chi connectivity index (χ0n) is 2.58. The minimum absolute atomic E-state index is 0.771. The van der Waals surface area contributed by atoms with Crippen LogP contribution in [-0.4, -0.2) is 11.6 Å². The molecule has 0 heterocycles. The first-order chi connectivity index (χ1) is 2.41. The number of alkyl halides is 1. The van der Waals surface area contributed by atoms with Crippen molar-refractivity contribution in [3.05, 3.63) is 0 Å². The van der Waals surface area contributed by atoms with Crippen LogP contribution in [-0.2, 0) is 0 Å². The van der Waals surface area contributed by atoms with Crippen LogP contribution in [0.15, 0.2) is 0 Å². The first kappa shape index (κ1) is 6.37. The Kier molecular flexibility index (Phi) is 6.84. The van der Waals surface area contributed by atoms with Gasteiger partial charge in [0.25, 0.3) is 0 Å². The summed E-state index contributed by atoms with van der Waals surface area (Å²) < 4.78 is 0. The molecular weight excluding hydrogens is 218 g/mol. The Labute approximate surface area is 53.2 Å². The fourth-order valence-corrected chi connectivity index (χ4v) is 1.76. The number of halogens is 2. The molecule has 0 aliphatic heterocycles. The van der Waals surface area contributed by atoms with Crippen molar-refractivity contribution in [2.24, 2.45) is 0 Å². The van der Waals surface area contributed by atoms with Crippen molar-refractivity contribution in [3.63, 3.8) is 0 Å². The third-order valence-electron chi connectivity index (χ3n) is 0.154. The lowest BCUT2D eigenvalue weighted by Crippen LogP contribution is -1.67. The van der Waals surface area contributed by atoms with Gasteiger partial charge in [0.15, 0.2) is 0 Å². The highest BCUT2D eigenvalue weighted by Gasteiger charge is 1.72. The molecular formula is C2H4ClIS. The maximum atomic E-state index is 5.28. The van der Waals surface area contributed by atoms with E-state index in [-0.39, 0.29) is 0 Å². The molecule has 0 radical (unpaired) electrons. The Hall–Kier alpha value is 1.37. The standard InChI is InChI=1S/C2H4ClIS/c3-1-2-5-4/h1-2H2. The highest BCUT2D eigenvalue weighted by molar-refractivity contribution is 14.2. The number of rotatable bonds is 2. The van der Waals surface area contributed by atoms with E-state index in [1.54, 1.807) is 8.93 Å². The molecule has 0 unspecified atom stereocenters. The van der Waals surface area contributed by atoms with Gasteiger partial charge >= 0.3 is 0 Å². The molecule has 0 atom stereocenters. The van der Waals surface area contributed by atoms with E-state index < -0.39 is 0 Å². The Morgan fingerprint density at radius 2 is 2.40 bits per heavy atom. The van der Waals surface area contributed by atoms with Crippen LogP contribution >= 0.6 is 41.7 Å². The summed E-state index contributed by atoms with van der Waals surface area (Å²) in [4.78, 5) is 0. The molecule has 0 saturated heterocycles. The van der Waals surface area contributed by atoms with Crippen molar-refractivity contribution in [3.8, 4) is 0 Å². The summed E-state index contributed by atoms with van der Waals surface area (Å²) in [6, 6.07) is 0. The molecule has 0 aromatic heterocycles. The van der Waals surface area contributed by atoms with Gasteiger partial charge in [-0.25, -0.2) is 0 Å². The monoisotopic (exact) mass is 222 g/mol. The molecule has 32 valence electrons. The molecule has 0 aliphatic rings. The molecule has 0 saturated carbocycles. The van der Waals surface area contributed by atoms with Gasteiger partial charge < -0.3 is 0 Å². The van der Waals surface area contributed by atoms with Crippen LogP contribution in [0.1, 0.15) is 0 Å². The van der Waals surface area contributed by atoms with Gasteiger partial charge in [-0.05, 0) is 21.2 Å². The van der Waals surface area contributed by atoms with Crippen molar-refractivity contribution < 1.29 is 0 Å². The molecule has 5 heavy (non-hydrogen) atoms. The maximum Gasteiger partial charge on any atom is 0.0321 e. The summed E-state index contributed by atoms with van der Waals surface area (Å²) in [6.07, 6.45) is 0. The topological polar surface area (TPSA) is 0 Å². The fourth-order valence-electron chi connectivity index (χ4n) is 0.0292. The zero-order chi connectivity index (χ0) is 4.12. The lowest BCUT2D eigenvalue weighted by molar-refractivity contribution is 1.55. The summed E-state index contributed by atoms with van der Waals surface area (Å²) >= 11 is 7.50. The lowest BCUT2D eigenvalue weighted by Gasteiger charge is -1.75. The minimum Gasteiger partial charge on any atom is -0.126 e. The third-order valence-corrected chi connectivity index (χ3v) is 2.25. The van der Waals surface area contributed by atoms with Gasteiger partial charge in [0.1, 0.15) is 0 Å². The predicted molar refractivity (Wildman–Crippen MR) is 37.2 cm³/mol. The van der Waals surface area contributed by atoms with Crippen LogP contribution in [0.25, 0.3) is 0 Å². The molecule has 0 fully saturated rings. The summed E-state index contributed by atoms with van der Waals surface area (Å²) in [5, 5.41) is 0. The van der Waals surface area contributed by atoms with E-state index in [2.05, 4.69) is 21.2 Å². The van der Waals surface area contributed by atoms with Gasteiger partial charge in [-0.2, -0.15) is 0 Å². The van der Waals surface area contributed by atoms with Crippen LogP contribution < -0.4 is 0 Å². The summed E-state index contributed by atoms with van der Waals surface area (Å²) in [6.45, 7) is 0. The van der Waals surface area contributed by atoms with Gasteiger partial charge in [-0.1, -0.05) is 8.93 Å². The van der Waals surface area contributed by atoms with Crippen LogP contribution in [0.2, 0.25) is 0 Å². The molecule has 0 aromatic carbocycles. The summed E-state index contributed by atoms with van der Waals surface area (Å²) in [5.74, 6) is 1.83. The van der Waals surface area contributed by atoms with Gasteiger partial charge in [-0.15, -0.1) is 11.6 Å². The van der Waals surface area contributed by atoms with Gasteiger partial charge in [0.2, 0.25) is 0 Å². The molecule has 3 heteroatoms. The fraction of sp³-hybridized carbons (Fsp3) is 1.00. The van der Waals surface area contributed by atoms with E-state index in [4.69, 9.17) is 11.6 Å². The van der Waals surface area contributed by atoms with Crippen molar-refractivity contribution in [2.45, 2.75) is 0 Å². The second-order valence-corrected chi connectivity index (χ2v) is 3.38. The van der Waals surface area contributed by atoms with Gasteiger partial charge in [-0.3, -0.25) is 0 Å². The molecule has 0 rings (SSSR count). The summed E-state index contributed by atoms with van der Waals surface area (Å²) in [7, 11) is 1.74. The van der Waals surface area contributed by atoms with Crippen LogP contribution in [0.4, 0.5) is 0 Å². The molecule has 0 aromatic rings. The highest BCUT2D eigenvalue weighted by Crippen LogP contribution is 2.09. The van der Waals surface area contributed by atoms with Crippen LogP contribution in [0.3, 0.4) is 0 Å². The minimum atomic E-state index is 0.771. The smallest absolute Gasteiger partial charge is 0.0321 e. The molecule has 0 aliphatic carbocycles. The predicted octanol–water partition coefficient (Wildman–Crippen LogP) is 2.31. The molecule has 0 amide bonds. The first-order valence-electron chi connectivity index (χ1n) is 1.21. The largest absolute Gasteiger partial charge is 0.126 e. The van der Waals surface area contributed by atoms with E-state index in [9.17, 15) is 0 Å². The second-order valence-electron chi connectivity index (χ2n) is 0.502. The number of hydrogen-bond acceptors (Lipinski definition) is 1. The normalized spacial score (nSPS) is 8.40. The van der Waals surface area contributed by atoms with Gasteiger partial charge in [0.05, 0.1) is 0 Å². The number of hydrogen-bond donors (Lipinski definition) is 0. The SMILES string of the molecule is ClCCSI. The van der Waals surface area contributed by atoms with E-state index in [0.717, 1.165) is 11.6 Å². The Balaban J connectivity index is 2.19. The Bertz CT molecular complexity index is 17.1. The van der Waals surface area contributed by atoms with Crippen molar-refractivity contribution in [1.82, 2.24) is 0 Å². The van der Waals surface area contributed by atoms with E-state index in [1.165, 1.54) is 0 Å². The average Bonchev–Trinajstić information content (AvgIpc) is 1.41. The van der Waals surface area contributed by atoms with E-state index in [1.807, 2.05) is 0 Å². The van der Waals surface area contributed by atoms with E-state index >= 15 is 0 Å². The maximum absolute atomic E-state index is 5.28. The van der Waals surface area contributed by atoms with Crippen LogP contribution in [0.5, 0.6) is 0 Å².